The molecule has 2 aromatic rings. The monoisotopic (exact) mass is 561 g/mol. The van der Waals surface area contributed by atoms with Crippen molar-refractivity contribution < 1.29 is 40.7 Å². The Kier molecular flexibility index (Phi) is 9.36. The van der Waals surface area contributed by atoms with E-state index in [1.54, 1.807) is 13.8 Å². The normalized spacial score (nSPS) is 14.7. The summed E-state index contributed by atoms with van der Waals surface area (Å²) in [6.45, 7) is 4.45. The van der Waals surface area contributed by atoms with Gasteiger partial charge < -0.3 is 20.3 Å². The van der Waals surface area contributed by atoms with Gasteiger partial charge in [0.05, 0.1) is 24.3 Å². The summed E-state index contributed by atoms with van der Waals surface area (Å²) < 4.78 is 89.5. The summed E-state index contributed by atoms with van der Waals surface area (Å²) in [6, 6.07) is 6.86. The first-order valence-electron chi connectivity index (χ1n) is 11.5. The highest BCUT2D eigenvalue weighted by Gasteiger charge is 2.46. The number of hydrogen-bond acceptors (Lipinski definition) is 4. The lowest BCUT2D eigenvalue weighted by Crippen LogP contribution is -2.39. The van der Waals surface area contributed by atoms with Crippen LogP contribution in [0.15, 0.2) is 52.3 Å². The van der Waals surface area contributed by atoms with Crippen molar-refractivity contribution in [1.82, 2.24) is 10.2 Å². The molecule has 0 saturated carbocycles. The Labute approximate surface area is 219 Å². The molecule has 1 aliphatic heterocycles. The molecule has 206 valence electrons. The molecule has 0 aliphatic carbocycles. The van der Waals surface area contributed by atoms with E-state index >= 15 is 0 Å². The van der Waals surface area contributed by atoms with Crippen LogP contribution in [0.5, 0.6) is 0 Å². The van der Waals surface area contributed by atoms with E-state index in [4.69, 9.17) is 4.74 Å². The van der Waals surface area contributed by atoms with Crippen molar-refractivity contribution >= 4 is 35.5 Å². The first-order chi connectivity index (χ1) is 17.8. The Hall–Kier alpha value is -3.19. The molecular formula is C25H25F6N3O3S. The highest BCUT2D eigenvalue weighted by Crippen LogP contribution is 2.48. The summed E-state index contributed by atoms with van der Waals surface area (Å²) >= 11 is 0.477. The molecule has 6 nitrogen and oxygen atoms in total. The number of alkyl halides is 6. The summed E-state index contributed by atoms with van der Waals surface area (Å²) in [7, 11) is 0. The largest absolute Gasteiger partial charge is 0.418 e. The number of carbonyl (C=O) groups excluding carboxylic acids is 2. The molecule has 0 bridgehead atoms. The van der Waals surface area contributed by atoms with E-state index in [-0.39, 0.29) is 42.9 Å². The number of carbonyl (C=O) groups is 2. The smallest absolute Gasteiger partial charge is 0.378 e. The molecule has 2 aromatic carbocycles. The van der Waals surface area contributed by atoms with Crippen molar-refractivity contribution in [2.75, 3.05) is 31.6 Å². The molecule has 1 saturated heterocycles. The van der Waals surface area contributed by atoms with Crippen LogP contribution in [0.2, 0.25) is 0 Å². The fourth-order valence-corrected chi connectivity index (χ4v) is 4.70. The number of nitrogens with zero attached hydrogens (tertiary/aromatic N) is 1. The third-order valence-corrected chi connectivity index (χ3v) is 6.28. The number of ether oxygens (including phenoxy) is 1. The number of hydrogen-bond donors (Lipinski definition) is 2. The maximum atomic E-state index is 14.1. The molecule has 13 heteroatoms. The van der Waals surface area contributed by atoms with Crippen LogP contribution in [0.3, 0.4) is 0 Å². The zero-order valence-corrected chi connectivity index (χ0v) is 21.2. The third kappa shape index (κ3) is 7.90. The number of halogens is 6. The minimum absolute atomic E-state index is 0.167. The van der Waals surface area contributed by atoms with Crippen molar-refractivity contribution in [3.63, 3.8) is 0 Å². The lowest BCUT2D eigenvalue weighted by atomic mass is 9.99. The zero-order valence-electron chi connectivity index (χ0n) is 20.4. The van der Waals surface area contributed by atoms with Crippen LogP contribution in [0.4, 0.5) is 36.8 Å². The van der Waals surface area contributed by atoms with Gasteiger partial charge in [0.1, 0.15) is 0 Å². The van der Waals surface area contributed by atoms with Gasteiger partial charge in [-0.1, -0.05) is 23.9 Å². The predicted octanol–water partition coefficient (Wildman–Crippen LogP) is 6.28. The topological polar surface area (TPSA) is 70.7 Å². The van der Waals surface area contributed by atoms with Crippen LogP contribution in [-0.4, -0.2) is 49.2 Å². The average Bonchev–Trinajstić information content (AvgIpc) is 2.81. The molecule has 0 aromatic heterocycles. The Morgan fingerprint density at radius 3 is 2.26 bits per heavy atom. The summed E-state index contributed by atoms with van der Waals surface area (Å²) in [5, 5.41) is 5.12. The molecule has 1 aliphatic rings. The molecule has 0 spiro atoms. The Bertz CT molecular complexity index is 1190. The minimum Gasteiger partial charge on any atom is -0.378 e. The SMILES string of the molecule is CC(C)NC(=O)Nc1cccc(Sc2ccc(C=CC(=O)N3CCOCC3)c(C(F)(F)F)c2C(F)(F)F)c1. The number of morpholine rings is 1. The van der Waals surface area contributed by atoms with Crippen molar-refractivity contribution in [3.05, 3.63) is 59.2 Å². The minimum atomic E-state index is -5.36. The van der Waals surface area contributed by atoms with Crippen LogP contribution >= 0.6 is 11.8 Å². The highest BCUT2D eigenvalue weighted by molar-refractivity contribution is 7.99. The van der Waals surface area contributed by atoms with Gasteiger partial charge >= 0.3 is 18.4 Å². The second-order valence-corrected chi connectivity index (χ2v) is 9.67. The molecule has 0 unspecified atom stereocenters. The molecule has 38 heavy (non-hydrogen) atoms. The van der Waals surface area contributed by atoms with Gasteiger partial charge in [-0.2, -0.15) is 26.3 Å². The van der Waals surface area contributed by atoms with Gasteiger partial charge in [-0.05, 0) is 49.8 Å². The Balaban J connectivity index is 1.98. The lowest BCUT2D eigenvalue weighted by molar-refractivity contribution is -0.163. The van der Waals surface area contributed by atoms with E-state index in [1.165, 1.54) is 29.2 Å². The molecule has 1 heterocycles. The van der Waals surface area contributed by atoms with E-state index < -0.39 is 45.9 Å². The van der Waals surface area contributed by atoms with Crippen molar-refractivity contribution in [1.29, 1.82) is 0 Å². The maximum Gasteiger partial charge on any atom is 0.418 e. The van der Waals surface area contributed by atoms with Gasteiger partial charge in [0.25, 0.3) is 0 Å². The van der Waals surface area contributed by atoms with Gasteiger partial charge in [0.2, 0.25) is 5.91 Å². The number of rotatable bonds is 6. The molecule has 0 atom stereocenters. The van der Waals surface area contributed by atoms with E-state index in [2.05, 4.69) is 10.6 Å². The second-order valence-electron chi connectivity index (χ2n) is 8.55. The van der Waals surface area contributed by atoms with Gasteiger partial charge in [0, 0.05) is 40.7 Å². The van der Waals surface area contributed by atoms with Gasteiger partial charge in [-0.3, -0.25) is 4.79 Å². The van der Waals surface area contributed by atoms with Gasteiger partial charge in [0.15, 0.2) is 0 Å². The van der Waals surface area contributed by atoms with E-state index in [0.717, 1.165) is 24.3 Å². The van der Waals surface area contributed by atoms with E-state index in [0.29, 0.717) is 11.8 Å². The first kappa shape index (κ1) is 29.4. The average molecular weight is 562 g/mol. The Morgan fingerprint density at radius 2 is 1.66 bits per heavy atom. The lowest BCUT2D eigenvalue weighted by Gasteiger charge is -2.25. The number of amides is 3. The van der Waals surface area contributed by atoms with Crippen LogP contribution in [-0.2, 0) is 21.9 Å². The van der Waals surface area contributed by atoms with Crippen molar-refractivity contribution in [2.45, 2.75) is 42.0 Å². The first-order valence-corrected chi connectivity index (χ1v) is 12.3. The van der Waals surface area contributed by atoms with E-state index in [9.17, 15) is 35.9 Å². The quantitative estimate of drug-likeness (QED) is 0.322. The fourth-order valence-electron chi connectivity index (χ4n) is 3.65. The summed E-state index contributed by atoms with van der Waals surface area (Å²) in [6.07, 6.45) is -9.12. The van der Waals surface area contributed by atoms with Gasteiger partial charge in [-0.25, -0.2) is 4.79 Å². The molecule has 2 N–H and O–H groups in total. The van der Waals surface area contributed by atoms with Crippen LogP contribution in [0.1, 0.15) is 30.5 Å². The second kappa shape index (κ2) is 12.1. The Morgan fingerprint density at radius 1 is 1.00 bits per heavy atom. The van der Waals surface area contributed by atoms with Gasteiger partial charge in [-0.15, -0.1) is 0 Å². The standard InChI is InChI=1S/C25H25F6N3O3S/c1-15(2)32-23(36)33-17-4-3-5-18(14-17)38-19-8-6-16(7-9-20(35)34-10-12-37-13-11-34)21(24(26,27)28)22(19)25(29,30)31/h3-9,14-15H,10-13H2,1-2H3,(H2,32,33,36). The third-order valence-electron chi connectivity index (χ3n) is 5.23. The molecule has 3 rings (SSSR count). The fraction of sp³-hybridized carbons (Fsp3) is 0.360. The number of anilines is 1. The molecule has 0 radical (unpaired) electrons. The van der Waals surface area contributed by atoms with Crippen LogP contribution < -0.4 is 10.6 Å². The number of urea groups is 1. The summed E-state index contributed by atoms with van der Waals surface area (Å²) in [5.74, 6) is -0.626. The summed E-state index contributed by atoms with van der Waals surface area (Å²) in [4.78, 5) is 25.1. The van der Waals surface area contributed by atoms with Crippen LogP contribution in [0.25, 0.3) is 6.08 Å². The van der Waals surface area contributed by atoms with Crippen LogP contribution in [0, 0.1) is 0 Å². The van der Waals surface area contributed by atoms with Crippen molar-refractivity contribution in [3.8, 4) is 0 Å². The highest BCUT2D eigenvalue weighted by atomic mass is 32.2. The molecule has 3 amide bonds. The predicted molar refractivity (Wildman–Crippen MR) is 131 cm³/mol. The molecular weight excluding hydrogens is 536 g/mol. The number of nitrogens with one attached hydrogen (secondary N) is 2. The number of benzene rings is 2. The van der Waals surface area contributed by atoms with E-state index in [1.807, 2.05) is 0 Å². The zero-order chi connectivity index (χ0) is 28.1. The maximum absolute atomic E-state index is 14.1. The van der Waals surface area contributed by atoms with Crippen molar-refractivity contribution in [2.24, 2.45) is 0 Å². The summed E-state index contributed by atoms with van der Waals surface area (Å²) in [5.41, 5.74) is -4.27. The molecule has 1 fully saturated rings.